The van der Waals surface area contributed by atoms with E-state index < -0.39 is 5.97 Å². The third kappa shape index (κ3) is 3.37. The molecule has 1 aromatic rings. The highest BCUT2D eigenvalue weighted by atomic mass is 35.5. The molecular formula is C13H17ClN2O2. The fourth-order valence-electron chi connectivity index (χ4n) is 2.26. The van der Waals surface area contributed by atoms with Gasteiger partial charge >= 0.3 is 5.97 Å². The van der Waals surface area contributed by atoms with Crippen molar-refractivity contribution in [3.63, 3.8) is 0 Å². The molecular weight excluding hydrogens is 252 g/mol. The molecule has 1 heterocycles. The summed E-state index contributed by atoms with van der Waals surface area (Å²) in [6.45, 7) is 1.85. The second-order valence-corrected chi connectivity index (χ2v) is 4.89. The van der Waals surface area contributed by atoms with Crippen LogP contribution >= 0.6 is 11.6 Å². The van der Waals surface area contributed by atoms with E-state index >= 15 is 0 Å². The molecule has 0 amide bonds. The topological polar surface area (TPSA) is 52.6 Å². The van der Waals surface area contributed by atoms with Crippen LogP contribution in [0.25, 0.3) is 0 Å². The highest BCUT2D eigenvalue weighted by molar-refractivity contribution is 6.33. The van der Waals surface area contributed by atoms with Crippen molar-refractivity contribution in [1.82, 2.24) is 5.32 Å². The first kappa shape index (κ1) is 13.2. The predicted molar refractivity (Wildman–Crippen MR) is 72.3 cm³/mol. The number of halogens is 1. The summed E-state index contributed by atoms with van der Waals surface area (Å²) in [5.74, 6) is -0.802. The first-order chi connectivity index (χ1) is 8.66. The Morgan fingerprint density at radius 1 is 1.39 bits per heavy atom. The summed E-state index contributed by atoms with van der Waals surface area (Å²) in [6.07, 6.45) is 1.89. The van der Waals surface area contributed by atoms with Crippen molar-refractivity contribution >= 4 is 23.3 Å². The van der Waals surface area contributed by atoms with Crippen molar-refractivity contribution < 1.29 is 9.90 Å². The van der Waals surface area contributed by atoms with E-state index in [1.807, 2.05) is 24.3 Å². The first-order valence-electron chi connectivity index (χ1n) is 6.11. The van der Waals surface area contributed by atoms with Gasteiger partial charge in [0, 0.05) is 19.1 Å². The van der Waals surface area contributed by atoms with Gasteiger partial charge in [-0.3, -0.25) is 4.79 Å². The van der Waals surface area contributed by atoms with E-state index in [1.165, 1.54) is 0 Å². The number of carboxylic acids is 1. The molecule has 18 heavy (non-hydrogen) atoms. The fourth-order valence-corrected chi connectivity index (χ4v) is 2.52. The molecule has 0 bridgehead atoms. The van der Waals surface area contributed by atoms with Crippen LogP contribution in [0.1, 0.15) is 12.8 Å². The quantitative estimate of drug-likeness (QED) is 0.877. The molecule has 0 radical (unpaired) electrons. The van der Waals surface area contributed by atoms with Gasteiger partial charge in [0.1, 0.15) is 0 Å². The Hall–Kier alpha value is -1.26. The SMILES string of the molecule is O=C(O)CNC1CCN(c2ccccc2Cl)CC1. The molecule has 0 saturated carbocycles. The zero-order chi connectivity index (χ0) is 13.0. The number of aliphatic carboxylic acids is 1. The van der Waals surface area contributed by atoms with Crippen LogP contribution in [0.2, 0.25) is 5.02 Å². The zero-order valence-corrected chi connectivity index (χ0v) is 10.9. The Morgan fingerprint density at radius 2 is 2.06 bits per heavy atom. The van der Waals surface area contributed by atoms with Crippen LogP contribution in [0.4, 0.5) is 5.69 Å². The first-order valence-corrected chi connectivity index (χ1v) is 6.49. The number of piperidine rings is 1. The molecule has 1 aliphatic rings. The highest BCUT2D eigenvalue weighted by Gasteiger charge is 2.20. The molecule has 1 fully saturated rings. The summed E-state index contributed by atoms with van der Waals surface area (Å²) in [7, 11) is 0. The maximum absolute atomic E-state index is 10.5. The van der Waals surface area contributed by atoms with Gasteiger partial charge in [0.25, 0.3) is 0 Å². The molecule has 2 N–H and O–H groups in total. The third-order valence-corrected chi connectivity index (χ3v) is 3.55. The van der Waals surface area contributed by atoms with Gasteiger partial charge in [-0.15, -0.1) is 0 Å². The number of nitrogens with one attached hydrogen (secondary N) is 1. The second kappa shape index (κ2) is 6.07. The lowest BCUT2D eigenvalue weighted by molar-refractivity contribution is -0.136. The summed E-state index contributed by atoms with van der Waals surface area (Å²) in [6, 6.07) is 8.11. The molecule has 1 aliphatic heterocycles. The number of benzene rings is 1. The van der Waals surface area contributed by atoms with Crippen molar-refractivity contribution in [3.8, 4) is 0 Å². The number of hydrogen-bond acceptors (Lipinski definition) is 3. The van der Waals surface area contributed by atoms with E-state index in [-0.39, 0.29) is 6.54 Å². The van der Waals surface area contributed by atoms with E-state index in [9.17, 15) is 4.79 Å². The summed E-state index contributed by atoms with van der Waals surface area (Å²) < 4.78 is 0. The number of hydrogen-bond donors (Lipinski definition) is 2. The van der Waals surface area contributed by atoms with Crippen LogP contribution in [0, 0.1) is 0 Å². The number of nitrogens with zero attached hydrogens (tertiary/aromatic N) is 1. The summed E-state index contributed by atoms with van der Waals surface area (Å²) in [5.41, 5.74) is 1.07. The van der Waals surface area contributed by atoms with Gasteiger partial charge in [-0.1, -0.05) is 23.7 Å². The van der Waals surface area contributed by atoms with E-state index in [4.69, 9.17) is 16.7 Å². The summed E-state index contributed by atoms with van der Waals surface area (Å²) >= 11 is 6.16. The average Bonchev–Trinajstić information content (AvgIpc) is 2.38. The number of carbonyl (C=O) groups is 1. The molecule has 0 unspecified atom stereocenters. The maximum atomic E-state index is 10.5. The van der Waals surface area contributed by atoms with Crippen LogP contribution < -0.4 is 10.2 Å². The highest BCUT2D eigenvalue weighted by Crippen LogP contribution is 2.27. The lowest BCUT2D eigenvalue weighted by Gasteiger charge is -2.34. The smallest absolute Gasteiger partial charge is 0.317 e. The molecule has 98 valence electrons. The third-order valence-electron chi connectivity index (χ3n) is 3.23. The van der Waals surface area contributed by atoms with Crippen LogP contribution in [-0.2, 0) is 4.79 Å². The zero-order valence-electron chi connectivity index (χ0n) is 10.1. The minimum Gasteiger partial charge on any atom is -0.480 e. The van der Waals surface area contributed by atoms with Gasteiger partial charge < -0.3 is 15.3 Å². The Kier molecular flexibility index (Phi) is 4.44. The standard InChI is InChI=1S/C13H17ClN2O2/c14-11-3-1-2-4-12(11)16-7-5-10(6-8-16)15-9-13(17)18/h1-4,10,15H,5-9H2,(H,17,18). The van der Waals surface area contributed by atoms with E-state index in [2.05, 4.69) is 10.2 Å². The summed E-state index contributed by atoms with van der Waals surface area (Å²) in [5, 5.41) is 12.4. The molecule has 2 rings (SSSR count). The lowest BCUT2D eigenvalue weighted by Crippen LogP contribution is -2.44. The molecule has 0 spiro atoms. The van der Waals surface area contributed by atoms with E-state index in [1.54, 1.807) is 0 Å². The maximum Gasteiger partial charge on any atom is 0.317 e. The van der Waals surface area contributed by atoms with Gasteiger partial charge in [0.05, 0.1) is 17.3 Å². The van der Waals surface area contributed by atoms with Crippen molar-refractivity contribution in [3.05, 3.63) is 29.3 Å². The second-order valence-electron chi connectivity index (χ2n) is 4.49. The number of para-hydroxylation sites is 1. The molecule has 4 nitrogen and oxygen atoms in total. The molecule has 0 aromatic heterocycles. The predicted octanol–water partition coefficient (Wildman–Crippen LogP) is 1.98. The monoisotopic (exact) mass is 268 g/mol. The van der Waals surface area contributed by atoms with Crippen LogP contribution in [-0.4, -0.2) is 36.8 Å². The van der Waals surface area contributed by atoms with Crippen molar-refractivity contribution in [1.29, 1.82) is 0 Å². The van der Waals surface area contributed by atoms with Crippen molar-refractivity contribution in [2.75, 3.05) is 24.5 Å². The minimum absolute atomic E-state index is 0.0385. The van der Waals surface area contributed by atoms with Crippen LogP contribution in [0.3, 0.4) is 0 Å². The fraction of sp³-hybridized carbons (Fsp3) is 0.462. The summed E-state index contributed by atoms with van der Waals surface area (Å²) in [4.78, 5) is 12.7. The Balaban J connectivity index is 1.87. The number of rotatable bonds is 4. The molecule has 1 aromatic carbocycles. The Morgan fingerprint density at radius 3 is 2.67 bits per heavy atom. The van der Waals surface area contributed by atoms with Gasteiger partial charge in [-0.05, 0) is 25.0 Å². The van der Waals surface area contributed by atoms with Gasteiger partial charge in [-0.2, -0.15) is 0 Å². The lowest BCUT2D eigenvalue weighted by atomic mass is 10.0. The normalized spacial score (nSPS) is 16.8. The molecule has 1 saturated heterocycles. The molecule has 0 atom stereocenters. The van der Waals surface area contributed by atoms with Gasteiger partial charge in [0.2, 0.25) is 0 Å². The van der Waals surface area contributed by atoms with Crippen LogP contribution in [0.15, 0.2) is 24.3 Å². The Bertz CT molecular complexity index is 417. The minimum atomic E-state index is -0.802. The molecule has 5 heteroatoms. The van der Waals surface area contributed by atoms with Gasteiger partial charge in [0.15, 0.2) is 0 Å². The number of carboxylic acid groups (broad SMARTS) is 1. The van der Waals surface area contributed by atoms with Gasteiger partial charge in [-0.25, -0.2) is 0 Å². The average molecular weight is 269 g/mol. The number of anilines is 1. The Labute approximate surface area is 112 Å². The largest absolute Gasteiger partial charge is 0.480 e. The molecule has 0 aliphatic carbocycles. The van der Waals surface area contributed by atoms with Crippen molar-refractivity contribution in [2.45, 2.75) is 18.9 Å². The van der Waals surface area contributed by atoms with E-state index in [0.29, 0.717) is 6.04 Å². The van der Waals surface area contributed by atoms with Crippen molar-refractivity contribution in [2.24, 2.45) is 0 Å². The van der Waals surface area contributed by atoms with E-state index in [0.717, 1.165) is 36.6 Å². The van der Waals surface area contributed by atoms with Crippen LogP contribution in [0.5, 0.6) is 0 Å².